The van der Waals surface area contributed by atoms with E-state index in [4.69, 9.17) is 23.1 Å². The van der Waals surface area contributed by atoms with E-state index in [0.717, 1.165) is 4.47 Å². The van der Waals surface area contributed by atoms with Crippen LogP contribution in [0.4, 0.5) is 5.82 Å². The van der Waals surface area contributed by atoms with Gasteiger partial charge in [-0.3, -0.25) is 9.20 Å². The fourth-order valence-electron chi connectivity index (χ4n) is 1.27. The monoisotopic (exact) mass is 288 g/mol. The lowest BCUT2D eigenvalue weighted by molar-refractivity contribution is 0.0997. The van der Waals surface area contributed by atoms with E-state index >= 15 is 0 Å². The van der Waals surface area contributed by atoms with Crippen LogP contribution in [0.1, 0.15) is 10.5 Å². The molecule has 78 valence electrons. The van der Waals surface area contributed by atoms with Gasteiger partial charge in [0.15, 0.2) is 11.3 Å². The number of nitrogen functional groups attached to an aromatic ring is 1. The number of nitrogens with two attached hydrogens (primary N) is 2. The quantitative estimate of drug-likeness (QED) is 0.832. The number of halogens is 2. The maximum Gasteiger partial charge on any atom is 0.271 e. The van der Waals surface area contributed by atoms with Crippen molar-refractivity contribution >= 4 is 44.9 Å². The van der Waals surface area contributed by atoms with E-state index in [9.17, 15) is 4.79 Å². The van der Waals surface area contributed by atoms with Gasteiger partial charge in [0.2, 0.25) is 0 Å². The maximum absolute atomic E-state index is 11.0. The van der Waals surface area contributed by atoms with Gasteiger partial charge in [-0.05, 0) is 22.0 Å². The Morgan fingerprint density at radius 2 is 2.27 bits per heavy atom. The number of fused-ring (bicyclic) bond motifs is 1. The highest BCUT2D eigenvalue weighted by atomic mass is 79.9. The number of aromatic nitrogens is 2. The van der Waals surface area contributed by atoms with Crippen LogP contribution in [0.3, 0.4) is 0 Å². The molecule has 2 heterocycles. The zero-order chi connectivity index (χ0) is 11.2. The van der Waals surface area contributed by atoms with Crippen LogP contribution in [0.2, 0.25) is 5.02 Å². The van der Waals surface area contributed by atoms with Crippen molar-refractivity contribution in [3.05, 3.63) is 27.5 Å². The molecule has 0 spiro atoms. The summed E-state index contributed by atoms with van der Waals surface area (Å²) < 4.78 is 2.24. The minimum atomic E-state index is -0.677. The molecule has 0 unspecified atom stereocenters. The van der Waals surface area contributed by atoms with E-state index in [-0.39, 0.29) is 11.5 Å². The molecular formula is C8H6BrClN4O. The molecule has 15 heavy (non-hydrogen) atoms. The summed E-state index contributed by atoms with van der Waals surface area (Å²) in [7, 11) is 0. The lowest BCUT2D eigenvalue weighted by Gasteiger charge is -1.99. The third-order valence-corrected chi connectivity index (χ3v) is 2.62. The minimum Gasteiger partial charge on any atom is -0.383 e. The molecule has 0 aliphatic heterocycles. The van der Waals surface area contributed by atoms with Crippen LogP contribution in [0, 0.1) is 0 Å². The standard InChI is InChI=1S/C8H6BrClN4O/c9-3-1-4(10)8-13-5(7(12)15)6(11)14(8)2-3/h1-2H,11H2,(H2,12,15). The van der Waals surface area contributed by atoms with Crippen molar-refractivity contribution in [3.8, 4) is 0 Å². The Hall–Kier alpha value is -1.27. The number of imidazole rings is 1. The number of amides is 1. The normalized spacial score (nSPS) is 10.8. The number of anilines is 1. The average Bonchev–Trinajstić information content (AvgIpc) is 2.44. The van der Waals surface area contributed by atoms with Gasteiger partial charge in [0.1, 0.15) is 5.82 Å². The van der Waals surface area contributed by atoms with Gasteiger partial charge in [-0.1, -0.05) is 11.6 Å². The van der Waals surface area contributed by atoms with Gasteiger partial charge in [-0.25, -0.2) is 4.98 Å². The van der Waals surface area contributed by atoms with Gasteiger partial charge < -0.3 is 11.5 Å². The second kappa shape index (κ2) is 3.39. The first-order valence-corrected chi connectivity index (χ1v) is 5.10. The fourth-order valence-corrected chi connectivity index (χ4v) is 2.09. The van der Waals surface area contributed by atoms with E-state index in [1.807, 2.05) is 0 Å². The summed E-state index contributed by atoms with van der Waals surface area (Å²) in [5, 5.41) is 0.392. The van der Waals surface area contributed by atoms with Crippen molar-refractivity contribution in [3.63, 3.8) is 0 Å². The Kier molecular flexibility index (Phi) is 2.32. The van der Waals surface area contributed by atoms with Crippen LogP contribution in [0.15, 0.2) is 16.7 Å². The predicted octanol–water partition coefficient (Wildman–Crippen LogP) is 1.43. The number of rotatable bonds is 1. The molecule has 0 fully saturated rings. The Bertz CT molecular complexity index is 565. The Balaban J connectivity index is 2.88. The van der Waals surface area contributed by atoms with E-state index in [1.54, 1.807) is 12.3 Å². The number of primary amides is 1. The summed E-state index contributed by atoms with van der Waals surface area (Å²) in [5.74, 6) is -0.496. The van der Waals surface area contributed by atoms with E-state index in [2.05, 4.69) is 20.9 Å². The first-order valence-electron chi connectivity index (χ1n) is 3.93. The molecule has 0 aliphatic rings. The van der Waals surface area contributed by atoms with Gasteiger partial charge in [-0.15, -0.1) is 0 Å². The minimum absolute atomic E-state index is 0.0231. The van der Waals surface area contributed by atoms with Crippen LogP contribution in [-0.4, -0.2) is 15.3 Å². The molecule has 0 saturated heterocycles. The Labute approximate surface area is 98.1 Å². The van der Waals surface area contributed by atoms with Crippen molar-refractivity contribution < 1.29 is 4.79 Å². The lowest BCUT2D eigenvalue weighted by Crippen LogP contribution is -2.13. The van der Waals surface area contributed by atoms with E-state index in [0.29, 0.717) is 10.7 Å². The molecule has 0 atom stereocenters. The highest BCUT2D eigenvalue weighted by Crippen LogP contribution is 2.25. The SMILES string of the molecule is NC(=O)c1nc2c(Cl)cc(Br)cn2c1N. The second-order valence-electron chi connectivity index (χ2n) is 2.91. The highest BCUT2D eigenvalue weighted by molar-refractivity contribution is 9.10. The highest BCUT2D eigenvalue weighted by Gasteiger charge is 2.16. The first-order chi connectivity index (χ1) is 7.00. The van der Waals surface area contributed by atoms with Crippen LogP contribution < -0.4 is 11.5 Å². The third-order valence-electron chi connectivity index (χ3n) is 1.91. The Morgan fingerprint density at radius 1 is 1.60 bits per heavy atom. The van der Waals surface area contributed by atoms with Crippen LogP contribution >= 0.6 is 27.5 Å². The molecule has 2 aromatic heterocycles. The summed E-state index contributed by atoms with van der Waals surface area (Å²) in [4.78, 5) is 15.0. The molecule has 2 rings (SSSR count). The summed E-state index contributed by atoms with van der Waals surface area (Å²) in [6, 6.07) is 1.66. The molecule has 0 aliphatic carbocycles. The molecule has 0 saturated carbocycles. The van der Waals surface area contributed by atoms with Gasteiger partial charge in [-0.2, -0.15) is 0 Å². The predicted molar refractivity (Wildman–Crippen MR) is 60.8 cm³/mol. The maximum atomic E-state index is 11.0. The molecular weight excluding hydrogens is 283 g/mol. The zero-order valence-electron chi connectivity index (χ0n) is 7.37. The van der Waals surface area contributed by atoms with Gasteiger partial charge in [0.25, 0.3) is 5.91 Å². The number of nitrogens with zero attached hydrogens (tertiary/aromatic N) is 2. The molecule has 4 N–H and O–H groups in total. The lowest BCUT2D eigenvalue weighted by atomic mass is 10.4. The van der Waals surface area contributed by atoms with E-state index in [1.165, 1.54) is 4.40 Å². The molecule has 2 aromatic rings. The Morgan fingerprint density at radius 3 is 2.87 bits per heavy atom. The fraction of sp³-hybridized carbons (Fsp3) is 0. The molecule has 5 nitrogen and oxygen atoms in total. The van der Waals surface area contributed by atoms with Crippen LogP contribution in [0.25, 0.3) is 5.65 Å². The number of carbonyl (C=O) groups is 1. The van der Waals surface area contributed by atoms with E-state index < -0.39 is 5.91 Å². The number of hydrogen-bond donors (Lipinski definition) is 2. The average molecular weight is 290 g/mol. The van der Waals surface area contributed by atoms with Crippen molar-refractivity contribution in [2.75, 3.05) is 5.73 Å². The van der Waals surface area contributed by atoms with Crippen LogP contribution in [0.5, 0.6) is 0 Å². The zero-order valence-corrected chi connectivity index (χ0v) is 9.71. The van der Waals surface area contributed by atoms with Gasteiger partial charge in [0.05, 0.1) is 5.02 Å². The number of pyridine rings is 1. The largest absolute Gasteiger partial charge is 0.383 e. The van der Waals surface area contributed by atoms with Crippen molar-refractivity contribution in [2.24, 2.45) is 5.73 Å². The molecule has 0 aromatic carbocycles. The molecule has 0 bridgehead atoms. The summed E-state index contributed by atoms with van der Waals surface area (Å²) in [5.41, 5.74) is 11.2. The van der Waals surface area contributed by atoms with Gasteiger partial charge >= 0.3 is 0 Å². The van der Waals surface area contributed by atoms with Crippen molar-refractivity contribution in [2.45, 2.75) is 0 Å². The summed E-state index contributed by atoms with van der Waals surface area (Å²) in [6.07, 6.45) is 1.66. The summed E-state index contributed by atoms with van der Waals surface area (Å²) >= 11 is 9.19. The third kappa shape index (κ3) is 1.55. The molecule has 1 amide bonds. The number of carbonyl (C=O) groups excluding carboxylic acids is 1. The molecule has 7 heteroatoms. The van der Waals surface area contributed by atoms with Crippen molar-refractivity contribution in [1.82, 2.24) is 9.38 Å². The van der Waals surface area contributed by atoms with Gasteiger partial charge in [0, 0.05) is 10.7 Å². The smallest absolute Gasteiger partial charge is 0.271 e. The van der Waals surface area contributed by atoms with Crippen molar-refractivity contribution in [1.29, 1.82) is 0 Å². The molecule has 0 radical (unpaired) electrons. The summed E-state index contributed by atoms with van der Waals surface area (Å²) in [6.45, 7) is 0. The number of hydrogen-bond acceptors (Lipinski definition) is 3. The first kappa shape index (κ1) is 10.3. The van der Waals surface area contributed by atoms with Crippen LogP contribution in [-0.2, 0) is 0 Å². The second-order valence-corrected chi connectivity index (χ2v) is 4.23. The topological polar surface area (TPSA) is 86.4 Å².